The van der Waals surface area contributed by atoms with E-state index < -0.39 is 0 Å². The number of nitrogens with two attached hydrogens (primary N) is 1. The summed E-state index contributed by atoms with van der Waals surface area (Å²) >= 11 is 0. The minimum absolute atomic E-state index is 0. The van der Waals surface area contributed by atoms with E-state index in [0.29, 0.717) is 0 Å². The summed E-state index contributed by atoms with van der Waals surface area (Å²) in [5, 5.41) is 0. The Bertz CT molecular complexity index is 175. The normalized spacial score (nSPS) is 54.3. The Hall–Kier alpha value is 0.210. The SMILES string of the molecule is CC12CCC(C)(O1)C(N)C2.Cl. The van der Waals surface area contributed by atoms with Crippen LogP contribution in [0.25, 0.3) is 0 Å². The molecule has 3 atom stereocenters. The van der Waals surface area contributed by atoms with Crippen molar-refractivity contribution in [1.29, 1.82) is 0 Å². The number of hydrogen-bond acceptors (Lipinski definition) is 2. The predicted molar refractivity (Wildman–Crippen MR) is 47.0 cm³/mol. The third-order valence-corrected chi connectivity index (χ3v) is 3.07. The van der Waals surface area contributed by atoms with Crippen LogP contribution in [0.2, 0.25) is 0 Å². The van der Waals surface area contributed by atoms with Gasteiger partial charge in [-0.3, -0.25) is 0 Å². The first-order valence-electron chi connectivity index (χ1n) is 4.00. The molecule has 2 rings (SSSR count). The fourth-order valence-corrected chi connectivity index (χ4v) is 2.26. The van der Waals surface area contributed by atoms with Crippen LogP contribution in [0.15, 0.2) is 0 Å². The first-order valence-corrected chi connectivity index (χ1v) is 4.00. The number of halogens is 1. The summed E-state index contributed by atoms with van der Waals surface area (Å²) in [4.78, 5) is 0. The summed E-state index contributed by atoms with van der Waals surface area (Å²) in [5.41, 5.74) is 6.04. The molecule has 0 spiro atoms. The van der Waals surface area contributed by atoms with Gasteiger partial charge in [0.05, 0.1) is 11.2 Å². The zero-order valence-corrected chi connectivity index (χ0v) is 7.91. The molecule has 0 amide bonds. The number of ether oxygens (including phenoxy) is 1. The van der Waals surface area contributed by atoms with E-state index in [1.165, 1.54) is 6.42 Å². The first-order chi connectivity index (χ1) is 4.54. The van der Waals surface area contributed by atoms with E-state index in [4.69, 9.17) is 10.5 Å². The van der Waals surface area contributed by atoms with E-state index in [2.05, 4.69) is 13.8 Å². The van der Waals surface area contributed by atoms with Crippen LogP contribution in [0, 0.1) is 0 Å². The standard InChI is InChI=1S/C8H15NO.ClH/c1-7-3-4-8(2,10-7)6(9)5-7;/h6H,3-5,9H2,1-2H3;1H. The van der Waals surface area contributed by atoms with Gasteiger partial charge >= 0.3 is 0 Å². The van der Waals surface area contributed by atoms with Crippen LogP contribution >= 0.6 is 12.4 Å². The van der Waals surface area contributed by atoms with Crippen LogP contribution in [0.3, 0.4) is 0 Å². The van der Waals surface area contributed by atoms with Crippen molar-refractivity contribution in [2.45, 2.75) is 50.4 Å². The summed E-state index contributed by atoms with van der Waals surface area (Å²) in [7, 11) is 0. The average molecular weight is 178 g/mol. The molecule has 3 unspecified atom stereocenters. The van der Waals surface area contributed by atoms with Crippen molar-refractivity contribution in [1.82, 2.24) is 0 Å². The van der Waals surface area contributed by atoms with Crippen LogP contribution in [0.5, 0.6) is 0 Å². The lowest BCUT2D eigenvalue weighted by Gasteiger charge is -2.25. The molecule has 2 saturated heterocycles. The van der Waals surface area contributed by atoms with Gasteiger partial charge in [-0.2, -0.15) is 0 Å². The minimum Gasteiger partial charge on any atom is -0.367 e. The molecule has 2 aliphatic rings. The van der Waals surface area contributed by atoms with Gasteiger partial charge in [-0.15, -0.1) is 12.4 Å². The Labute approximate surface area is 73.9 Å². The molecular formula is C8H16ClNO. The van der Waals surface area contributed by atoms with E-state index in [1.54, 1.807) is 0 Å². The van der Waals surface area contributed by atoms with E-state index in [-0.39, 0.29) is 29.7 Å². The van der Waals surface area contributed by atoms with Crippen molar-refractivity contribution < 1.29 is 4.74 Å². The van der Waals surface area contributed by atoms with Crippen molar-refractivity contribution in [3.05, 3.63) is 0 Å². The third kappa shape index (κ3) is 1.17. The minimum atomic E-state index is 0. The zero-order valence-electron chi connectivity index (χ0n) is 7.09. The maximum absolute atomic E-state index is 5.91. The molecule has 11 heavy (non-hydrogen) atoms. The monoisotopic (exact) mass is 177 g/mol. The topological polar surface area (TPSA) is 35.2 Å². The van der Waals surface area contributed by atoms with Gasteiger partial charge in [0.25, 0.3) is 0 Å². The second-order valence-corrected chi connectivity index (χ2v) is 4.18. The van der Waals surface area contributed by atoms with E-state index >= 15 is 0 Å². The smallest absolute Gasteiger partial charge is 0.0814 e. The average Bonchev–Trinajstić information content (AvgIpc) is 2.17. The predicted octanol–water partition coefficient (Wildman–Crippen LogP) is 1.47. The fourth-order valence-electron chi connectivity index (χ4n) is 2.26. The number of rotatable bonds is 0. The Kier molecular flexibility index (Phi) is 1.98. The number of hydrogen-bond donors (Lipinski definition) is 1. The van der Waals surface area contributed by atoms with Crippen molar-refractivity contribution in [2.24, 2.45) is 5.73 Å². The molecular weight excluding hydrogens is 162 g/mol. The van der Waals surface area contributed by atoms with E-state index in [0.717, 1.165) is 12.8 Å². The zero-order chi connectivity index (χ0) is 7.41. The van der Waals surface area contributed by atoms with Gasteiger partial charge in [-0.05, 0) is 33.1 Å². The molecule has 2 aliphatic heterocycles. The third-order valence-electron chi connectivity index (χ3n) is 3.07. The molecule has 2 N–H and O–H groups in total. The van der Waals surface area contributed by atoms with Crippen molar-refractivity contribution >= 4 is 12.4 Å². The quantitative estimate of drug-likeness (QED) is 0.608. The summed E-state index contributed by atoms with van der Waals surface area (Å²) in [5.74, 6) is 0. The highest BCUT2D eigenvalue weighted by Gasteiger charge is 2.55. The van der Waals surface area contributed by atoms with Gasteiger partial charge in [0.15, 0.2) is 0 Å². The lowest BCUT2D eigenvalue weighted by Crippen LogP contribution is -2.42. The largest absolute Gasteiger partial charge is 0.367 e. The highest BCUT2D eigenvalue weighted by molar-refractivity contribution is 5.85. The highest BCUT2D eigenvalue weighted by Crippen LogP contribution is 2.49. The molecule has 2 fully saturated rings. The van der Waals surface area contributed by atoms with Gasteiger partial charge in [-0.25, -0.2) is 0 Å². The van der Waals surface area contributed by atoms with Gasteiger partial charge in [0.1, 0.15) is 0 Å². The highest BCUT2D eigenvalue weighted by atomic mass is 35.5. The second-order valence-electron chi connectivity index (χ2n) is 4.18. The van der Waals surface area contributed by atoms with Gasteiger partial charge in [0.2, 0.25) is 0 Å². The molecule has 0 aromatic rings. The van der Waals surface area contributed by atoms with Crippen LogP contribution in [0.4, 0.5) is 0 Å². The molecule has 0 aliphatic carbocycles. The molecule has 3 heteroatoms. The molecule has 0 aromatic carbocycles. The molecule has 0 saturated carbocycles. The number of fused-ring (bicyclic) bond motifs is 2. The lowest BCUT2D eigenvalue weighted by atomic mass is 9.81. The summed E-state index contributed by atoms with van der Waals surface area (Å²) in [6, 6.07) is 0.270. The Morgan fingerprint density at radius 1 is 1.36 bits per heavy atom. The van der Waals surface area contributed by atoms with E-state index in [1.807, 2.05) is 0 Å². The van der Waals surface area contributed by atoms with Crippen LogP contribution in [-0.2, 0) is 4.74 Å². The molecule has 2 nitrogen and oxygen atoms in total. The van der Waals surface area contributed by atoms with E-state index in [9.17, 15) is 0 Å². The second kappa shape index (κ2) is 2.35. The van der Waals surface area contributed by atoms with Gasteiger partial charge in [0, 0.05) is 6.04 Å². The van der Waals surface area contributed by atoms with Crippen LogP contribution in [0.1, 0.15) is 33.1 Å². The summed E-state index contributed by atoms with van der Waals surface area (Å²) in [6.07, 6.45) is 3.38. The Morgan fingerprint density at radius 2 is 2.00 bits per heavy atom. The molecule has 66 valence electrons. The maximum atomic E-state index is 5.91. The molecule has 0 aromatic heterocycles. The van der Waals surface area contributed by atoms with Crippen LogP contribution in [-0.4, -0.2) is 17.2 Å². The van der Waals surface area contributed by atoms with Crippen molar-refractivity contribution in [3.63, 3.8) is 0 Å². The van der Waals surface area contributed by atoms with Crippen LogP contribution < -0.4 is 5.73 Å². The van der Waals surface area contributed by atoms with Crippen molar-refractivity contribution in [3.8, 4) is 0 Å². The lowest BCUT2D eigenvalue weighted by molar-refractivity contribution is -0.0299. The maximum Gasteiger partial charge on any atom is 0.0814 e. The molecule has 2 heterocycles. The van der Waals surface area contributed by atoms with Gasteiger partial charge < -0.3 is 10.5 Å². The first kappa shape index (κ1) is 9.30. The Morgan fingerprint density at radius 3 is 2.18 bits per heavy atom. The van der Waals surface area contributed by atoms with Gasteiger partial charge in [-0.1, -0.05) is 0 Å². The summed E-state index contributed by atoms with van der Waals surface area (Å²) < 4.78 is 5.83. The van der Waals surface area contributed by atoms with Crippen molar-refractivity contribution in [2.75, 3.05) is 0 Å². The fraction of sp³-hybridized carbons (Fsp3) is 1.00. The summed E-state index contributed by atoms with van der Waals surface area (Å²) in [6.45, 7) is 4.31. The Balaban J connectivity index is 0.000000605. The molecule has 0 radical (unpaired) electrons. The molecule has 2 bridgehead atoms.